The number of halogens is 1. The van der Waals surface area contributed by atoms with Crippen LogP contribution in [0.1, 0.15) is 75.5 Å². The van der Waals surface area contributed by atoms with Gasteiger partial charge in [-0.05, 0) is 25.0 Å². The molecule has 0 aliphatic heterocycles. The van der Waals surface area contributed by atoms with E-state index < -0.39 is 0 Å². The molecule has 1 heterocycles. The second kappa shape index (κ2) is 9.67. The quantitative estimate of drug-likeness (QED) is 0.649. The summed E-state index contributed by atoms with van der Waals surface area (Å²) in [6.45, 7) is 8.25. The van der Waals surface area contributed by atoms with Crippen LogP contribution >= 0.6 is 11.6 Å². The third kappa shape index (κ3) is 4.29. The Morgan fingerprint density at radius 2 is 1.92 bits per heavy atom. The fourth-order valence-corrected chi connectivity index (χ4v) is 2.79. The maximum atomic E-state index is 11.6. The summed E-state index contributed by atoms with van der Waals surface area (Å²) in [5, 5.41) is 0.499. The molecule has 0 N–H and O–H groups in total. The standard InChI is InChI=1S/C14H15ClN2O2.C3H8.C2H6/c1-17-11-7-9(14(18)19-2)6-10(15)12(11)16-13(17)8-4-3-5-8;1-3-2;1-2/h6-8H,3-5H2,1-2H3;3H2,1-2H3;1-2H3. The van der Waals surface area contributed by atoms with Crippen molar-refractivity contribution in [2.75, 3.05) is 7.11 Å². The summed E-state index contributed by atoms with van der Waals surface area (Å²) in [7, 11) is 3.34. The van der Waals surface area contributed by atoms with Gasteiger partial charge >= 0.3 is 5.97 Å². The van der Waals surface area contributed by atoms with Crippen molar-refractivity contribution in [3.63, 3.8) is 0 Å². The summed E-state index contributed by atoms with van der Waals surface area (Å²) >= 11 is 6.23. The van der Waals surface area contributed by atoms with Gasteiger partial charge < -0.3 is 9.30 Å². The topological polar surface area (TPSA) is 44.1 Å². The number of nitrogens with zero attached hydrogens (tertiary/aromatic N) is 2. The van der Waals surface area contributed by atoms with E-state index in [4.69, 9.17) is 16.3 Å². The van der Waals surface area contributed by atoms with Gasteiger partial charge in [-0.3, -0.25) is 0 Å². The molecule has 24 heavy (non-hydrogen) atoms. The van der Waals surface area contributed by atoms with Gasteiger partial charge in [-0.1, -0.05) is 52.1 Å². The zero-order valence-corrected chi connectivity index (χ0v) is 16.4. The van der Waals surface area contributed by atoms with Crippen molar-refractivity contribution in [2.24, 2.45) is 7.05 Å². The Labute approximate surface area is 150 Å². The number of hydrogen-bond acceptors (Lipinski definition) is 3. The Kier molecular flexibility index (Phi) is 8.26. The lowest BCUT2D eigenvalue weighted by Gasteiger charge is -2.24. The van der Waals surface area contributed by atoms with E-state index in [2.05, 4.69) is 18.8 Å². The van der Waals surface area contributed by atoms with Crippen LogP contribution in [0.3, 0.4) is 0 Å². The molecule has 0 bridgehead atoms. The minimum absolute atomic E-state index is 0.379. The molecule has 1 fully saturated rings. The maximum Gasteiger partial charge on any atom is 0.337 e. The van der Waals surface area contributed by atoms with Gasteiger partial charge in [-0.25, -0.2) is 9.78 Å². The van der Waals surface area contributed by atoms with Crippen LogP contribution in [-0.4, -0.2) is 22.6 Å². The van der Waals surface area contributed by atoms with Crippen LogP contribution in [0.5, 0.6) is 0 Å². The number of aryl methyl sites for hydroxylation is 1. The largest absolute Gasteiger partial charge is 0.465 e. The van der Waals surface area contributed by atoms with Crippen LogP contribution in [0, 0.1) is 0 Å². The van der Waals surface area contributed by atoms with Gasteiger partial charge in [0.1, 0.15) is 11.3 Å². The van der Waals surface area contributed by atoms with Crippen LogP contribution < -0.4 is 0 Å². The average Bonchev–Trinajstić information content (AvgIpc) is 2.86. The van der Waals surface area contributed by atoms with Crippen LogP contribution in [0.2, 0.25) is 5.02 Å². The minimum Gasteiger partial charge on any atom is -0.465 e. The molecular weight excluding hydrogens is 324 g/mol. The first kappa shape index (κ1) is 20.5. The van der Waals surface area contributed by atoms with Crippen LogP contribution in [0.15, 0.2) is 12.1 Å². The molecule has 0 radical (unpaired) electrons. The summed E-state index contributed by atoms with van der Waals surface area (Å²) < 4.78 is 6.78. The van der Waals surface area contributed by atoms with Crippen molar-refractivity contribution in [3.8, 4) is 0 Å². The fourth-order valence-electron chi connectivity index (χ4n) is 2.53. The van der Waals surface area contributed by atoms with Gasteiger partial charge in [0.15, 0.2) is 0 Å². The van der Waals surface area contributed by atoms with Gasteiger partial charge in [0, 0.05) is 13.0 Å². The highest BCUT2D eigenvalue weighted by Crippen LogP contribution is 2.38. The lowest BCUT2D eigenvalue weighted by Crippen LogP contribution is -2.13. The number of hydrogen-bond donors (Lipinski definition) is 0. The second-order valence-electron chi connectivity index (χ2n) is 5.68. The van der Waals surface area contributed by atoms with Gasteiger partial charge in [-0.2, -0.15) is 0 Å². The lowest BCUT2D eigenvalue weighted by molar-refractivity contribution is 0.0601. The Hall–Kier alpha value is -1.55. The molecule has 0 saturated heterocycles. The van der Waals surface area contributed by atoms with Crippen LogP contribution in [-0.2, 0) is 11.8 Å². The highest BCUT2D eigenvalue weighted by molar-refractivity contribution is 6.35. The van der Waals surface area contributed by atoms with Crippen molar-refractivity contribution in [1.29, 1.82) is 0 Å². The summed E-state index contributed by atoms with van der Waals surface area (Å²) in [5.74, 6) is 1.20. The molecule has 1 aromatic carbocycles. The molecule has 0 spiro atoms. The number of imidazole rings is 1. The Balaban J connectivity index is 0.000000521. The number of esters is 1. The maximum absolute atomic E-state index is 11.6. The third-order valence-corrected chi connectivity index (χ3v) is 4.15. The highest BCUT2D eigenvalue weighted by atomic mass is 35.5. The molecule has 134 valence electrons. The van der Waals surface area contributed by atoms with Gasteiger partial charge in [0.25, 0.3) is 0 Å². The first-order chi connectivity index (χ1) is 11.5. The molecule has 0 unspecified atom stereocenters. The van der Waals surface area contributed by atoms with Crippen LogP contribution in [0.25, 0.3) is 11.0 Å². The molecule has 1 aliphatic carbocycles. The van der Waals surface area contributed by atoms with Gasteiger partial charge in [0.05, 0.1) is 23.2 Å². The number of ether oxygens (including phenoxy) is 1. The smallest absolute Gasteiger partial charge is 0.337 e. The summed E-state index contributed by atoms with van der Waals surface area (Å²) in [6.07, 6.45) is 4.87. The van der Waals surface area contributed by atoms with Gasteiger partial charge in [0.2, 0.25) is 0 Å². The molecule has 2 aromatic rings. The number of rotatable bonds is 2. The Morgan fingerprint density at radius 1 is 1.33 bits per heavy atom. The van der Waals surface area contributed by atoms with Crippen molar-refractivity contribution < 1.29 is 9.53 Å². The Morgan fingerprint density at radius 3 is 2.38 bits per heavy atom. The van der Waals surface area contributed by atoms with E-state index in [1.54, 1.807) is 12.1 Å². The zero-order chi connectivity index (χ0) is 18.3. The number of methoxy groups -OCH3 is 1. The molecular formula is C19H29ClN2O2. The van der Waals surface area contributed by atoms with E-state index in [9.17, 15) is 4.79 Å². The third-order valence-electron chi connectivity index (χ3n) is 3.87. The first-order valence-corrected chi connectivity index (χ1v) is 9.15. The first-order valence-electron chi connectivity index (χ1n) is 8.77. The average molecular weight is 353 g/mol. The predicted molar refractivity (Wildman–Crippen MR) is 101 cm³/mol. The molecule has 5 heteroatoms. The van der Waals surface area contributed by atoms with Crippen molar-refractivity contribution in [3.05, 3.63) is 28.5 Å². The second-order valence-corrected chi connectivity index (χ2v) is 6.09. The molecule has 3 rings (SSSR count). The van der Waals surface area contributed by atoms with E-state index in [0.717, 1.165) is 16.9 Å². The molecule has 1 aromatic heterocycles. The monoisotopic (exact) mass is 352 g/mol. The van der Waals surface area contributed by atoms with E-state index >= 15 is 0 Å². The molecule has 0 atom stereocenters. The molecule has 4 nitrogen and oxygen atoms in total. The fraction of sp³-hybridized carbons (Fsp3) is 0.579. The van der Waals surface area contributed by atoms with Gasteiger partial charge in [-0.15, -0.1) is 0 Å². The SMILES string of the molecule is CC.CCC.COC(=O)c1cc(Cl)c2nc(C3CCC3)n(C)c2c1. The predicted octanol–water partition coefficient (Wildman–Crippen LogP) is 5.72. The minimum atomic E-state index is -0.379. The van der Waals surface area contributed by atoms with E-state index in [1.165, 1.54) is 32.8 Å². The Bertz CT molecular complexity index is 676. The van der Waals surface area contributed by atoms with E-state index in [-0.39, 0.29) is 5.97 Å². The normalized spacial score (nSPS) is 13.3. The highest BCUT2D eigenvalue weighted by Gasteiger charge is 2.25. The molecule has 1 aliphatic rings. The number of carbonyl (C=O) groups is 1. The summed E-state index contributed by atoms with van der Waals surface area (Å²) in [5.41, 5.74) is 2.11. The van der Waals surface area contributed by atoms with Crippen molar-refractivity contribution >= 4 is 28.6 Å². The van der Waals surface area contributed by atoms with E-state index in [0.29, 0.717) is 16.5 Å². The number of benzene rings is 1. The number of aromatic nitrogens is 2. The number of carbonyl (C=O) groups excluding carboxylic acids is 1. The van der Waals surface area contributed by atoms with E-state index in [1.807, 2.05) is 25.5 Å². The number of fused-ring (bicyclic) bond motifs is 1. The summed E-state index contributed by atoms with van der Waals surface area (Å²) in [6, 6.07) is 3.41. The van der Waals surface area contributed by atoms with Crippen molar-refractivity contribution in [2.45, 2.75) is 59.3 Å². The lowest BCUT2D eigenvalue weighted by atomic mass is 9.85. The molecule has 1 saturated carbocycles. The summed E-state index contributed by atoms with van der Waals surface area (Å²) in [4.78, 5) is 16.3. The zero-order valence-electron chi connectivity index (χ0n) is 15.6. The van der Waals surface area contributed by atoms with Crippen LogP contribution in [0.4, 0.5) is 0 Å². The molecule has 0 amide bonds. The van der Waals surface area contributed by atoms with Crippen molar-refractivity contribution in [1.82, 2.24) is 9.55 Å².